The molecule has 1 rings (SSSR count). The lowest BCUT2D eigenvalue weighted by Crippen LogP contribution is -2.30. The molecule has 0 saturated heterocycles. The Hall–Kier alpha value is -1.82. The summed E-state index contributed by atoms with van der Waals surface area (Å²) in [5, 5.41) is 6.64. The molecule has 0 aliphatic heterocycles. The number of anilines is 1. The fourth-order valence-electron chi connectivity index (χ4n) is 1.70. The van der Waals surface area contributed by atoms with Gasteiger partial charge in [-0.15, -0.1) is 0 Å². The van der Waals surface area contributed by atoms with Crippen molar-refractivity contribution in [3.05, 3.63) is 24.3 Å². The monoisotopic (exact) mass is 324 g/mol. The Bertz CT molecular complexity index is 512. The number of carbonyl (C=O) groups excluding carboxylic acids is 1. The highest BCUT2D eigenvalue weighted by molar-refractivity contribution is 7.80. The zero-order valence-electron chi connectivity index (χ0n) is 13.6. The second kappa shape index (κ2) is 8.58. The van der Waals surface area contributed by atoms with Gasteiger partial charge in [0, 0.05) is 24.7 Å². The summed E-state index contributed by atoms with van der Waals surface area (Å²) in [6, 6.07) is 7.50. The predicted molar refractivity (Wildman–Crippen MR) is 92.3 cm³/mol. The average molecular weight is 324 g/mol. The van der Waals surface area contributed by atoms with E-state index in [0.29, 0.717) is 24.5 Å². The Balaban J connectivity index is 2.25. The molecular weight excluding hydrogens is 300 g/mol. The van der Waals surface area contributed by atoms with Crippen LogP contribution < -0.4 is 15.4 Å². The molecule has 0 saturated carbocycles. The molecule has 0 radical (unpaired) electrons. The maximum Gasteiger partial charge on any atom is 0.306 e. The van der Waals surface area contributed by atoms with Crippen molar-refractivity contribution < 1.29 is 14.3 Å². The Kier molecular flexibility index (Phi) is 7.11. The number of hydrogen-bond acceptors (Lipinski definition) is 4. The summed E-state index contributed by atoms with van der Waals surface area (Å²) in [4.78, 5) is 11.6. The minimum absolute atomic E-state index is 0.194. The molecule has 0 heterocycles. The second-order valence-corrected chi connectivity index (χ2v) is 6.21. The quantitative estimate of drug-likeness (QED) is 0.476. The molecule has 0 spiro atoms. The molecule has 0 aliphatic rings. The third-order valence-electron chi connectivity index (χ3n) is 2.59. The Labute approximate surface area is 137 Å². The Morgan fingerprint density at radius 3 is 2.68 bits per heavy atom. The van der Waals surface area contributed by atoms with Crippen LogP contribution in [0.2, 0.25) is 0 Å². The first-order chi connectivity index (χ1) is 10.3. The van der Waals surface area contributed by atoms with Crippen LogP contribution in [0.25, 0.3) is 0 Å². The van der Waals surface area contributed by atoms with Crippen molar-refractivity contribution in [2.75, 3.05) is 19.0 Å². The summed E-state index contributed by atoms with van der Waals surface area (Å²) in [5.41, 5.74) is 0.414. The summed E-state index contributed by atoms with van der Waals surface area (Å²) in [5.74, 6) is 0.568. The van der Waals surface area contributed by atoms with Crippen molar-refractivity contribution in [1.29, 1.82) is 0 Å². The highest BCUT2D eigenvalue weighted by atomic mass is 32.1. The highest BCUT2D eigenvalue weighted by Crippen LogP contribution is 2.16. The Morgan fingerprint density at radius 2 is 2.05 bits per heavy atom. The lowest BCUT2D eigenvalue weighted by Gasteiger charge is -2.19. The van der Waals surface area contributed by atoms with Gasteiger partial charge in [0.15, 0.2) is 5.11 Å². The molecule has 22 heavy (non-hydrogen) atoms. The molecule has 0 atom stereocenters. The fraction of sp³-hybridized carbons (Fsp3) is 0.500. The average Bonchev–Trinajstić information content (AvgIpc) is 2.42. The van der Waals surface area contributed by atoms with E-state index in [9.17, 15) is 4.79 Å². The van der Waals surface area contributed by atoms with Gasteiger partial charge in [-0.05, 0) is 51.5 Å². The normalized spacial score (nSPS) is 10.7. The van der Waals surface area contributed by atoms with Gasteiger partial charge in [-0.25, -0.2) is 0 Å². The second-order valence-electron chi connectivity index (χ2n) is 5.80. The predicted octanol–water partition coefficient (Wildman–Crippen LogP) is 3.10. The van der Waals surface area contributed by atoms with E-state index in [0.717, 1.165) is 11.4 Å². The third-order valence-corrected chi connectivity index (χ3v) is 2.84. The lowest BCUT2D eigenvalue weighted by atomic mass is 10.2. The molecule has 0 bridgehead atoms. The zero-order chi connectivity index (χ0) is 16.6. The van der Waals surface area contributed by atoms with Gasteiger partial charge >= 0.3 is 5.97 Å². The topological polar surface area (TPSA) is 59.6 Å². The van der Waals surface area contributed by atoms with Crippen LogP contribution in [0.4, 0.5) is 5.69 Å². The highest BCUT2D eigenvalue weighted by Gasteiger charge is 2.15. The van der Waals surface area contributed by atoms with E-state index < -0.39 is 5.60 Å². The van der Waals surface area contributed by atoms with Crippen molar-refractivity contribution in [3.8, 4) is 5.75 Å². The SMILES string of the molecule is COc1cccc(NC(=S)NCCCC(=O)OC(C)(C)C)c1. The van der Waals surface area contributed by atoms with Crippen molar-refractivity contribution in [2.45, 2.75) is 39.2 Å². The molecule has 2 N–H and O–H groups in total. The molecule has 1 aromatic rings. The lowest BCUT2D eigenvalue weighted by molar-refractivity contribution is -0.154. The minimum atomic E-state index is -0.437. The van der Waals surface area contributed by atoms with E-state index in [1.54, 1.807) is 7.11 Å². The zero-order valence-corrected chi connectivity index (χ0v) is 14.4. The van der Waals surface area contributed by atoms with E-state index in [1.807, 2.05) is 45.0 Å². The number of benzene rings is 1. The summed E-state index contributed by atoms with van der Waals surface area (Å²) in [6.45, 7) is 6.18. The van der Waals surface area contributed by atoms with Crippen LogP contribution in [0.5, 0.6) is 5.75 Å². The van der Waals surface area contributed by atoms with Gasteiger partial charge in [0.2, 0.25) is 0 Å². The van der Waals surface area contributed by atoms with Crippen LogP contribution in [-0.4, -0.2) is 30.3 Å². The van der Waals surface area contributed by atoms with Crippen molar-refractivity contribution >= 4 is 29.0 Å². The maximum atomic E-state index is 11.6. The molecule has 0 fully saturated rings. The van der Waals surface area contributed by atoms with Gasteiger partial charge < -0.3 is 20.1 Å². The molecule has 1 aromatic carbocycles. The minimum Gasteiger partial charge on any atom is -0.497 e. The standard InChI is InChI=1S/C16H24N2O3S/c1-16(2,3)21-14(19)9-6-10-17-15(22)18-12-7-5-8-13(11-12)20-4/h5,7-8,11H,6,9-10H2,1-4H3,(H2,17,18,22). The van der Waals surface area contributed by atoms with Crippen LogP contribution in [0, 0.1) is 0 Å². The van der Waals surface area contributed by atoms with Crippen LogP contribution in [0.1, 0.15) is 33.6 Å². The van der Waals surface area contributed by atoms with E-state index in [-0.39, 0.29) is 5.97 Å². The van der Waals surface area contributed by atoms with Gasteiger partial charge in [0.25, 0.3) is 0 Å². The maximum absolute atomic E-state index is 11.6. The first-order valence-electron chi connectivity index (χ1n) is 7.21. The number of nitrogens with one attached hydrogen (secondary N) is 2. The largest absolute Gasteiger partial charge is 0.497 e. The summed E-state index contributed by atoms with van der Waals surface area (Å²) in [7, 11) is 1.62. The van der Waals surface area contributed by atoms with E-state index in [2.05, 4.69) is 10.6 Å². The van der Waals surface area contributed by atoms with E-state index >= 15 is 0 Å². The van der Waals surface area contributed by atoms with Crippen LogP contribution >= 0.6 is 12.2 Å². The third kappa shape index (κ3) is 7.83. The number of rotatable bonds is 6. The van der Waals surface area contributed by atoms with Crippen LogP contribution in [-0.2, 0) is 9.53 Å². The molecule has 0 aliphatic carbocycles. The van der Waals surface area contributed by atoms with Gasteiger partial charge in [0.1, 0.15) is 11.4 Å². The molecule has 0 amide bonds. The number of thiocarbonyl (C=S) groups is 1. The summed E-state index contributed by atoms with van der Waals surface area (Å²) < 4.78 is 10.4. The molecule has 0 unspecified atom stereocenters. The number of hydrogen-bond donors (Lipinski definition) is 2. The van der Waals surface area contributed by atoms with Crippen molar-refractivity contribution in [2.24, 2.45) is 0 Å². The molecule has 5 nitrogen and oxygen atoms in total. The molecular formula is C16H24N2O3S. The van der Waals surface area contributed by atoms with Crippen molar-refractivity contribution in [1.82, 2.24) is 5.32 Å². The van der Waals surface area contributed by atoms with Gasteiger partial charge in [-0.2, -0.15) is 0 Å². The first-order valence-corrected chi connectivity index (χ1v) is 7.62. The first kappa shape index (κ1) is 18.2. The van der Waals surface area contributed by atoms with Crippen molar-refractivity contribution in [3.63, 3.8) is 0 Å². The fourth-order valence-corrected chi connectivity index (χ4v) is 1.92. The number of carbonyl (C=O) groups is 1. The van der Waals surface area contributed by atoms with E-state index in [4.69, 9.17) is 21.7 Å². The molecule has 0 aromatic heterocycles. The van der Waals surface area contributed by atoms with Gasteiger partial charge in [0.05, 0.1) is 7.11 Å². The number of esters is 1. The molecule has 122 valence electrons. The summed E-state index contributed by atoms with van der Waals surface area (Å²) in [6.07, 6.45) is 1.03. The van der Waals surface area contributed by atoms with Gasteiger partial charge in [-0.3, -0.25) is 4.79 Å². The number of methoxy groups -OCH3 is 1. The Morgan fingerprint density at radius 1 is 1.32 bits per heavy atom. The van der Waals surface area contributed by atoms with Crippen LogP contribution in [0.15, 0.2) is 24.3 Å². The number of ether oxygens (including phenoxy) is 2. The smallest absolute Gasteiger partial charge is 0.306 e. The van der Waals surface area contributed by atoms with E-state index in [1.165, 1.54) is 0 Å². The van der Waals surface area contributed by atoms with Crippen LogP contribution in [0.3, 0.4) is 0 Å². The van der Waals surface area contributed by atoms with Gasteiger partial charge in [-0.1, -0.05) is 6.07 Å². The summed E-state index contributed by atoms with van der Waals surface area (Å²) >= 11 is 5.20. The molecule has 6 heteroatoms.